The van der Waals surface area contributed by atoms with Crippen molar-refractivity contribution >= 4 is 5.96 Å². The first-order chi connectivity index (χ1) is 9.83. The third kappa shape index (κ3) is 4.65. The molecule has 0 radical (unpaired) electrons. The van der Waals surface area contributed by atoms with Crippen molar-refractivity contribution in [2.24, 2.45) is 4.99 Å². The van der Waals surface area contributed by atoms with Crippen molar-refractivity contribution in [3.05, 3.63) is 0 Å². The van der Waals surface area contributed by atoms with Crippen LogP contribution in [0.5, 0.6) is 0 Å². The summed E-state index contributed by atoms with van der Waals surface area (Å²) in [5.74, 6) is 0.999. The van der Waals surface area contributed by atoms with E-state index in [1.807, 2.05) is 7.05 Å². The molecule has 1 atom stereocenters. The van der Waals surface area contributed by atoms with Crippen LogP contribution in [0.1, 0.15) is 58.3 Å². The molecule has 1 saturated heterocycles. The first-order valence-corrected chi connectivity index (χ1v) is 8.54. The molecule has 1 aliphatic carbocycles. The van der Waals surface area contributed by atoms with Crippen molar-refractivity contribution in [2.45, 2.75) is 70.4 Å². The summed E-state index contributed by atoms with van der Waals surface area (Å²) < 4.78 is 0. The van der Waals surface area contributed by atoms with Gasteiger partial charge in [-0.3, -0.25) is 9.89 Å². The average molecular weight is 280 g/mol. The maximum atomic E-state index is 4.39. The van der Waals surface area contributed by atoms with E-state index in [0.29, 0.717) is 12.1 Å². The van der Waals surface area contributed by atoms with Gasteiger partial charge in [-0.15, -0.1) is 0 Å². The molecule has 0 aromatic rings. The largest absolute Gasteiger partial charge is 0.355 e. The molecule has 2 fully saturated rings. The fraction of sp³-hybridized carbons (Fsp3) is 0.938. The molecule has 20 heavy (non-hydrogen) atoms. The van der Waals surface area contributed by atoms with Crippen LogP contribution >= 0.6 is 0 Å². The molecule has 4 heteroatoms. The van der Waals surface area contributed by atoms with Crippen LogP contribution in [-0.2, 0) is 0 Å². The van der Waals surface area contributed by atoms with Crippen LogP contribution < -0.4 is 10.6 Å². The Bertz CT molecular complexity index is 297. The molecule has 0 aromatic heterocycles. The van der Waals surface area contributed by atoms with Crippen LogP contribution in [0.2, 0.25) is 0 Å². The fourth-order valence-corrected chi connectivity index (χ4v) is 3.56. The molecule has 1 unspecified atom stereocenters. The van der Waals surface area contributed by atoms with E-state index in [-0.39, 0.29) is 0 Å². The number of likely N-dealkylation sites (N-methyl/N-ethyl adjacent to an activating group) is 1. The summed E-state index contributed by atoms with van der Waals surface area (Å²) in [5, 5.41) is 7.15. The number of piperidine rings is 1. The Morgan fingerprint density at radius 2 is 1.85 bits per heavy atom. The van der Waals surface area contributed by atoms with Gasteiger partial charge in [-0.2, -0.15) is 0 Å². The standard InChI is InChI=1S/C16H32N4/c1-3-20-12-8-7-11-15(20)13-18-16(17-2)19-14-9-5-4-6-10-14/h14-15H,3-13H2,1-2H3,(H2,17,18,19). The first-order valence-electron chi connectivity index (χ1n) is 8.54. The molecule has 2 rings (SSSR count). The molecule has 0 spiro atoms. The Hall–Kier alpha value is -0.770. The van der Waals surface area contributed by atoms with Gasteiger partial charge < -0.3 is 10.6 Å². The third-order valence-corrected chi connectivity index (χ3v) is 4.83. The van der Waals surface area contributed by atoms with E-state index in [9.17, 15) is 0 Å². The van der Waals surface area contributed by atoms with E-state index in [4.69, 9.17) is 0 Å². The molecular formula is C16H32N4. The van der Waals surface area contributed by atoms with Crippen LogP contribution in [0.3, 0.4) is 0 Å². The van der Waals surface area contributed by atoms with Crippen molar-refractivity contribution < 1.29 is 0 Å². The molecule has 0 bridgehead atoms. The van der Waals surface area contributed by atoms with E-state index in [0.717, 1.165) is 12.5 Å². The van der Waals surface area contributed by atoms with Gasteiger partial charge in [-0.1, -0.05) is 32.6 Å². The number of aliphatic imine (C=N–C) groups is 1. The number of likely N-dealkylation sites (tertiary alicyclic amines) is 1. The Morgan fingerprint density at radius 3 is 2.55 bits per heavy atom. The van der Waals surface area contributed by atoms with Crippen LogP contribution in [-0.4, -0.2) is 49.6 Å². The second kappa shape index (κ2) is 8.50. The van der Waals surface area contributed by atoms with Crippen molar-refractivity contribution in [3.8, 4) is 0 Å². The first kappa shape index (κ1) is 15.6. The van der Waals surface area contributed by atoms with E-state index >= 15 is 0 Å². The normalized spacial score (nSPS) is 26.5. The minimum atomic E-state index is 0.628. The summed E-state index contributed by atoms with van der Waals surface area (Å²) in [4.78, 5) is 6.99. The number of nitrogens with zero attached hydrogens (tertiary/aromatic N) is 2. The Morgan fingerprint density at radius 1 is 1.10 bits per heavy atom. The summed E-state index contributed by atoms with van der Waals surface area (Å²) in [7, 11) is 1.89. The maximum absolute atomic E-state index is 4.39. The minimum absolute atomic E-state index is 0.628. The van der Waals surface area contributed by atoms with Crippen LogP contribution in [0, 0.1) is 0 Å². The summed E-state index contributed by atoms with van der Waals surface area (Å²) in [6, 6.07) is 1.31. The lowest BCUT2D eigenvalue weighted by Gasteiger charge is -2.35. The molecule has 4 nitrogen and oxygen atoms in total. The van der Waals surface area contributed by atoms with E-state index < -0.39 is 0 Å². The van der Waals surface area contributed by atoms with Gasteiger partial charge in [0.15, 0.2) is 5.96 Å². The van der Waals surface area contributed by atoms with Gasteiger partial charge in [-0.05, 0) is 38.8 Å². The minimum Gasteiger partial charge on any atom is -0.355 e. The molecule has 1 aliphatic heterocycles. The molecule has 0 amide bonds. The Balaban J connectivity index is 1.75. The lowest BCUT2D eigenvalue weighted by Crippen LogP contribution is -2.50. The zero-order valence-corrected chi connectivity index (χ0v) is 13.3. The number of hydrogen-bond acceptors (Lipinski definition) is 2. The summed E-state index contributed by atoms with van der Waals surface area (Å²) >= 11 is 0. The van der Waals surface area contributed by atoms with Gasteiger partial charge in [0.05, 0.1) is 0 Å². The summed E-state index contributed by atoms with van der Waals surface area (Å²) in [5.41, 5.74) is 0. The van der Waals surface area contributed by atoms with Crippen LogP contribution in [0.15, 0.2) is 4.99 Å². The lowest BCUT2D eigenvalue weighted by atomic mass is 9.96. The van der Waals surface area contributed by atoms with E-state index in [1.165, 1.54) is 64.5 Å². The Kier molecular flexibility index (Phi) is 6.64. The van der Waals surface area contributed by atoms with Crippen LogP contribution in [0.25, 0.3) is 0 Å². The molecule has 1 heterocycles. The highest BCUT2D eigenvalue weighted by molar-refractivity contribution is 5.80. The number of nitrogens with one attached hydrogen (secondary N) is 2. The third-order valence-electron chi connectivity index (χ3n) is 4.83. The SMILES string of the molecule is CCN1CCCCC1CNC(=NC)NC1CCCCC1. The lowest BCUT2D eigenvalue weighted by molar-refractivity contribution is 0.157. The van der Waals surface area contributed by atoms with Crippen molar-refractivity contribution in [1.29, 1.82) is 0 Å². The average Bonchev–Trinajstić information content (AvgIpc) is 2.52. The molecule has 2 aliphatic rings. The molecule has 2 N–H and O–H groups in total. The van der Waals surface area contributed by atoms with Gasteiger partial charge in [0, 0.05) is 25.7 Å². The van der Waals surface area contributed by atoms with Crippen molar-refractivity contribution in [1.82, 2.24) is 15.5 Å². The Labute approximate surface area is 124 Å². The highest BCUT2D eigenvalue weighted by Gasteiger charge is 2.21. The number of guanidine groups is 1. The predicted octanol–water partition coefficient (Wildman–Crippen LogP) is 2.36. The molecule has 1 saturated carbocycles. The monoisotopic (exact) mass is 280 g/mol. The van der Waals surface area contributed by atoms with Crippen molar-refractivity contribution in [3.63, 3.8) is 0 Å². The zero-order chi connectivity index (χ0) is 14.2. The number of rotatable bonds is 4. The van der Waals surface area contributed by atoms with Gasteiger partial charge in [0.2, 0.25) is 0 Å². The van der Waals surface area contributed by atoms with E-state index in [2.05, 4.69) is 27.4 Å². The van der Waals surface area contributed by atoms with Crippen LogP contribution in [0.4, 0.5) is 0 Å². The van der Waals surface area contributed by atoms with Gasteiger partial charge in [-0.25, -0.2) is 0 Å². The fourth-order valence-electron chi connectivity index (χ4n) is 3.56. The number of hydrogen-bond donors (Lipinski definition) is 2. The highest BCUT2D eigenvalue weighted by Crippen LogP contribution is 2.17. The van der Waals surface area contributed by atoms with Gasteiger partial charge in [0.25, 0.3) is 0 Å². The van der Waals surface area contributed by atoms with Gasteiger partial charge >= 0.3 is 0 Å². The maximum Gasteiger partial charge on any atom is 0.191 e. The van der Waals surface area contributed by atoms with E-state index in [1.54, 1.807) is 0 Å². The highest BCUT2D eigenvalue weighted by atomic mass is 15.2. The predicted molar refractivity (Wildman–Crippen MR) is 86.3 cm³/mol. The summed E-state index contributed by atoms with van der Waals surface area (Å²) in [6.07, 6.45) is 10.8. The smallest absolute Gasteiger partial charge is 0.191 e. The van der Waals surface area contributed by atoms with Gasteiger partial charge in [0.1, 0.15) is 0 Å². The molecule has 116 valence electrons. The summed E-state index contributed by atoms with van der Waals surface area (Å²) in [6.45, 7) is 5.73. The van der Waals surface area contributed by atoms with Crippen molar-refractivity contribution in [2.75, 3.05) is 26.7 Å². The topological polar surface area (TPSA) is 39.7 Å². The molecule has 0 aromatic carbocycles. The second-order valence-electron chi connectivity index (χ2n) is 6.21. The molecular weight excluding hydrogens is 248 g/mol. The zero-order valence-electron chi connectivity index (χ0n) is 13.3. The second-order valence-corrected chi connectivity index (χ2v) is 6.21. The quantitative estimate of drug-likeness (QED) is 0.613.